The average Bonchev–Trinajstić information content (AvgIpc) is 3.13. The molecule has 1 aliphatic heterocycles. The number of nitrogens with zero attached hydrogens (tertiary/aromatic N) is 4. The van der Waals surface area contributed by atoms with Gasteiger partial charge in [0, 0.05) is 51.1 Å². The van der Waals surface area contributed by atoms with E-state index in [0.29, 0.717) is 50.7 Å². The molecule has 1 saturated heterocycles. The number of ether oxygens (including phenoxy) is 1. The van der Waals surface area contributed by atoms with E-state index in [4.69, 9.17) is 4.74 Å². The number of anilines is 1. The molecule has 26 heavy (non-hydrogen) atoms. The van der Waals surface area contributed by atoms with Crippen LogP contribution in [0.3, 0.4) is 0 Å². The Morgan fingerprint density at radius 2 is 1.77 bits per heavy atom. The van der Waals surface area contributed by atoms with Crippen LogP contribution in [-0.4, -0.2) is 71.4 Å². The zero-order chi connectivity index (χ0) is 18.4. The summed E-state index contributed by atoms with van der Waals surface area (Å²) in [5.74, 6) is 0.511. The van der Waals surface area contributed by atoms with Gasteiger partial charge in [-0.15, -0.1) is 0 Å². The molecule has 1 aromatic heterocycles. The number of methoxy groups -OCH3 is 1. The van der Waals surface area contributed by atoms with E-state index in [1.807, 2.05) is 18.2 Å². The Hall–Kier alpha value is -2.87. The molecule has 0 saturated carbocycles. The quantitative estimate of drug-likeness (QED) is 0.880. The summed E-state index contributed by atoms with van der Waals surface area (Å²) in [5.41, 5.74) is 0.673. The highest BCUT2D eigenvalue weighted by Gasteiger charge is 2.25. The van der Waals surface area contributed by atoms with E-state index in [1.165, 1.54) is 0 Å². The molecule has 1 N–H and O–H groups in total. The molecule has 0 bridgehead atoms. The molecule has 3 amide bonds. The van der Waals surface area contributed by atoms with Crippen molar-refractivity contribution in [2.75, 3.05) is 45.2 Å². The first-order chi connectivity index (χ1) is 12.7. The van der Waals surface area contributed by atoms with Crippen molar-refractivity contribution < 1.29 is 14.3 Å². The number of hydrogen-bond donors (Lipinski definition) is 1. The highest BCUT2D eigenvalue weighted by Crippen LogP contribution is 2.10. The van der Waals surface area contributed by atoms with Gasteiger partial charge in [0.25, 0.3) is 5.91 Å². The Morgan fingerprint density at radius 1 is 1.08 bits per heavy atom. The summed E-state index contributed by atoms with van der Waals surface area (Å²) in [4.78, 5) is 28.3. The molecule has 8 heteroatoms. The van der Waals surface area contributed by atoms with Gasteiger partial charge in [-0.25, -0.2) is 4.79 Å². The van der Waals surface area contributed by atoms with E-state index in [2.05, 4.69) is 10.4 Å². The largest absolute Gasteiger partial charge is 0.383 e. The minimum absolute atomic E-state index is 0.00236. The van der Waals surface area contributed by atoms with Crippen molar-refractivity contribution in [1.82, 2.24) is 19.6 Å². The summed E-state index contributed by atoms with van der Waals surface area (Å²) in [6.45, 7) is 3.22. The predicted molar refractivity (Wildman–Crippen MR) is 97.0 cm³/mol. The lowest BCUT2D eigenvalue weighted by Crippen LogP contribution is -2.51. The third-order valence-corrected chi connectivity index (χ3v) is 4.28. The monoisotopic (exact) mass is 357 g/mol. The van der Waals surface area contributed by atoms with Crippen molar-refractivity contribution in [2.24, 2.45) is 0 Å². The van der Waals surface area contributed by atoms with Crippen LogP contribution in [-0.2, 0) is 11.3 Å². The molecule has 0 aliphatic carbocycles. The second-order valence-corrected chi connectivity index (χ2v) is 6.03. The molecule has 2 heterocycles. The number of carbonyl (C=O) groups excluding carboxylic acids is 2. The minimum Gasteiger partial charge on any atom is -0.383 e. The Morgan fingerprint density at radius 3 is 2.46 bits per heavy atom. The Kier molecular flexibility index (Phi) is 5.85. The second kappa shape index (κ2) is 8.48. The molecule has 1 fully saturated rings. The van der Waals surface area contributed by atoms with Crippen LogP contribution in [0.4, 0.5) is 10.6 Å². The summed E-state index contributed by atoms with van der Waals surface area (Å²) in [5, 5.41) is 7.07. The van der Waals surface area contributed by atoms with Crippen LogP contribution < -0.4 is 5.32 Å². The van der Waals surface area contributed by atoms with E-state index in [1.54, 1.807) is 46.0 Å². The van der Waals surface area contributed by atoms with Crippen LogP contribution in [0.15, 0.2) is 42.6 Å². The Balaban J connectivity index is 1.49. The number of amides is 3. The molecule has 8 nitrogen and oxygen atoms in total. The number of urea groups is 1. The van der Waals surface area contributed by atoms with Crippen LogP contribution in [0.2, 0.25) is 0 Å². The SMILES string of the molecule is COCCn1ccc(NC(=O)N2CCN(C(=O)c3ccccc3)CC2)n1. The molecule has 1 aliphatic rings. The molecule has 0 spiro atoms. The summed E-state index contributed by atoms with van der Waals surface area (Å²) in [7, 11) is 1.63. The van der Waals surface area contributed by atoms with Crippen molar-refractivity contribution in [3.63, 3.8) is 0 Å². The van der Waals surface area contributed by atoms with Gasteiger partial charge in [-0.05, 0) is 12.1 Å². The maximum atomic E-state index is 12.4. The summed E-state index contributed by atoms with van der Waals surface area (Å²) in [6.07, 6.45) is 1.80. The smallest absolute Gasteiger partial charge is 0.323 e. The molecular weight excluding hydrogens is 334 g/mol. The van der Waals surface area contributed by atoms with E-state index in [0.717, 1.165) is 0 Å². The second-order valence-electron chi connectivity index (χ2n) is 6.03. The first kappa shape index (κ1) is 17.9. The van der Waals surface area contributed by atoms with Crippen LogP contribution in [0.5, 0.6) is 0 Å². The van der Waals surface area contributed by atoms with Gasteiger partial charge in [0.2, 0.25) is 0 Å². The normalized spacial score (nSPS) is 14.3. The standard InChI is InChI=1S/C18H23N5O3/c1-26-14-13-23-8-7-16(20-23)19-18(25)22-11-9-21(10-12-22)17(24)15-5-3-2-4-6-15/h2-8H,9-14H2,1H3,(H,19,20,25). The van der Waals surface area contributed by atoms with Crippen LogP contribution in [0.25, 0.3) is 0 Å². The van der Waals surface area contributed by atoms with Crippen molar-refractivity contribution >= 4 is 17.8 Å². The average molecular weight is 357 g/mol. The lowest BCUT2D eigenvalue weighted by Gasteiger charge is -2.34. The topological polar surface area (TPSA) is 79.7 Å². The van der Waals surface area contributed by atoms with E-state index >= 15 is 0 Å². The molecule has 3 rings (SSSR count). The van der Waals surface area contributed by atoms with Gasteiger partial charge in [0.05, 0.1) is 13.2 Å². The van der Waals surface area contributed by atoms with Crippen LogP contribution in [0, 0.1) is 0 Å². The number of aromatic nitrogens is 2. The fourth-order valence-electron chi connectivity index (χ4n) is 2.80. The lowest BCUT2D eigenvalue weighted by atomic mass is 10.2. The van der Waals surface area contributed by atoms with Gasteiger partial charge < -0.3 is 14.5 Å². The molecule has 138 valence electrons. The van der Waals surface area contributed by atoms with Gasteiger partial charge in [-0.1, -0.05) is 18.2 Å². The molecule has 2 aromatic rings. The van der Waals surface area contributed by atoms with Crippen LogP contribution >= 0.6 is 0 Å². The summed E-state index contributed by atoms with van der Waals surface area (Å²) in [6, 6.07) is 10.8. The zero-order valence-electron chi connectivity index (χ0n) is 14.8. The number of benzene rings is 1. The van der Waals surface area contributed by atoms with Gasteiger partial charge >= 0.3 is 6.03 Å². The van der Waals surface area contributed by atoms with Crippen molar-refractivity contribution in [3.8, 4) is 0 Å². The number of piperazine rings is 1. The number of carbonyl (C=O) groups is 2. The Labute approximate surface area is 152 Å². The van der Waals surface area contributed by atoms with E-state index in [9.17, 15) is 9.59 Å². The molecule has 1 aromatic carbocycles. The third kappa shape index (κ3) is 4.40. The van der Waals surface area contributed by atoms with Crippen molar-refractivity contribution in [2.45, 2.75) is 6.54 Å². The fraction of sp³-hybridized carbons (Fsp3) is 0.389. The number of hydrogen-bond acceptors (Lipinski definition) is 4. The Bertz CT molecular complexity index is 738. The number of nitrogens with one attached hydrogen (secondary N) is 1. The van der Waals surface area contributed by atoms with E-state index in [-0.39, 0.29) is 11.9 Å². The van der Waals surface area contributed by atoms with Crippen molar-refractivity contribution in [1.29, 1.82) is 0 Å². The minimum atomic E-state index is -0.200. The maximum Gasteiger partial charge on any atom is 0.323 e. The third-order valence-electron chi connectivity index (χ3n) is 4.28. The molecule has 0 atom stereocenters. The molecular formula is C18H23N5O3. The predicted octanol–water partition coefficient (Wildman–Crippen LogP) is 1.52. The van der Waals surface area contributed by atoms with Gasteiger partial charge in [-0.3, -0.25) is 14.8 Å². The van der Waals surface area contributed by atoms with Gasteiger partial charge in [0.15, 0.2) is 5.82 Å². The summed E-state index contributed by atoms with van der Waals surface area (Å²) >= 11 is 0. The van der Waals surface area contributed by atoms with Gasteiger partial charge in [0.1, 0.15) is 0 Å². The first-order valence-corrected chi connectivity index (χ1v) is 8.60. The zero-order valence-corrected chi connectivity index (χ0v) is 14.8. The highest BCUT2D eigenvalue weighted by molar-refractivity contribution is 5.94. The number of rotatable bonds is 5. The highest BCUT2D eigenvalue weighted by atomic mass is 16.5. The van der Waals surface area contributed by atoms with Crippen LogP contribution in [0.1, 0.15) is 10.4 Å². The first-order valence-electron chi connectivity index (χ1n) is 8.60. The maximum absolute atomic E-state index is 12.4. The van der Waals surface area contributed by atoms with Gasteiger partial charge in [-0.2, -0.15) is 5.10 Å². The lowest BCUT2D eigenvalue weighted by molar-refractivity contribution is 0.0671. The summed E-state index contributed by atoms with van der Waals surface area (Å²) < 4.78 is 6.72. The van der Waals surface area contributed by atoms with Crippen molar-refractivity contribution in [3.05, 3.63) is 48.2 Å². The molecule has 0 radical (unpaired) electrons. The van der Waals surface area contributed by atoms with E-state index < -0.39 is 0 Å². The fourth-order valence-corrected chi connectivity index (χ4v) is 2.80. The molecule has 0 unspecified atom stereocenters.